The molecule has 0 spiro atoms. The molecule has 1 aromatic heterocycles. The second-order valence-electron chi connectivity index (χ2n) is 5.50. The minimum atomic E-state index is -0.153. The Morgan fingerprint density at radius 3 is 2.68 bits per heavy atom. The number of rotatable bonds is 6. The third kappa shape index (κ3) is 3.61. The van der Waals surface area contributed by atoms with Crippen LogP contribution in [0.2, 0.25) is 0 Å². The van der Waals surface area contributed by atoms with Gasteiger partial charge in [0.25, 0.3) is 5.91 Å². The maximum Gasteiger partial charge on any atom is 0.270 e. The second-order valence-corrected chi connectivity index (χ2v) is 5.50. The lowest BCUT2D eigenvalue weighted by Gasteiger charge is -2.10. The highest BCUT2D eigenvalue weighted by Gasteiger charge is 2.22. The number of anilines is 1. The van der Waals surface area contributed by atoms with E-state index in [2.05, 4.69) is 20.6 Å². The number of hydrogen-bond donors (Lipinski definition) is 2. The molecule has 0 aliphatic heterocycles. The highest BCUT2D eigenvalue weighted by Crippen LogP contribution is 2.25. The molecule has 0 bridgehead atoms. The summed E-state index contributed by atoms with van der Waals surface area (Å²) in [5.74, 6) is 1.14. The molecule has 0 atom stereocenters. The fourth-order valence-electron chi connectivity index (χ4n) is 2.12. The van der Waals surface area contributed by atoms with Crippen molar-refractivity contribution in [3.63, 3.8) is 0 Å². The van der Waals surface area contributed by atoms with Crippen molar-refractivity contribution in [2.75, 3.05) is 11.9 Å². The summed E-state index contributed by atoms with van der Waals surface area (Å²) in [6, 6.07) is 11.9. The summed E-state index contributed by atoms with van der Waals surface area (Å²) in [5.41, 5.74) is 1.32. The van der Waals surface area contributed by atoms with Crippen molar-refractivity contribution in [3.8, 4) is 11.4 Å². The third-order valence-corrected chi connectivity index (χ3v) is 3.46. The first-order valence-corrected chi connectivity index (χ1v) is 7.75. The van der Waals surface area contributed by atoms with Crippen LogP contribution in [0.25, 0.3) is 11.4 Å². The van der Waals surface area contributed by atoms with Crippen LogP contribution in [0.1, 0.15) is 36.7 Å². The quantitative estimate of drug-likeness (QED) is 0.860. The van der Waals surface area contributed by atoms with Crippen molar-refractivity contribution < 1.29 is 4.79 Å². The van der Waals surface area contributed by atoms with Crippen LogP contribution < -0.4 is 10.6 Å². The molecule has 1 aliphatic carbocycles. The van der Waals surface area contributed by atoms with Gasteiger partial charge in [0, 0.05) is 24.2 Å². The molecule has 22 heavy (non-hydrogen) atoms. The van der Waals surface area contributed by atoms with Crippen molar-refractivity contribution in [2.45, 2.75) is 32.2 Å². The lowest BCUT2D eigenvalue weighted by Crippen LogP contribution is -2.25. The van der Waals surface area contributed by atoms with Gasteiger partial charge < -0.3 is 10.6 Å². The van der Waals surface area contributed by atoms with Gasteiger partial charge in [0.05, 0.1) is 0 Å². The predicted octanol–water partition coefficient (Wildman–Crippen LogP) is 2.86. The molecule has 0 saturated heterocycles. The van der Waals surface area contributed by atoms with Crippen LogP contribution in [0.3, 0.4) is 0 Å². The van der Waals surface area contributed by atoms with Gasteiger partial charge in [-0.2, -0.15) is 0 Å². The van der Waals surface area contributed by atoms with Crippen molar-refractivity contribution in [2.24, 2.45) is 0 Å². The van der Waals surface area contributed by atoms with Crippen LogP contribution in [0.5, 0.6) is 0 Å². The average Bonchev–Trinajstić information content (AvgIpc) is 3.37. The molecule has 114 valence electrons. The largest absolute Gasteiger partial charge is 0.367 e. The topological polar surface area (TPSA) is 66.9 Å². The van der Waals surface area contributed by atoms with Crippen molar-refractivity contribution in [1.82, 2.24) is 15.3 Å². The highest BCUT2D eigenvalue weighted by molar-refractivity contribution is 5.93. The Kier molecular flexibility index (Phi) is 4.32. The maximum absolute atomic E-state index is 12.2. The zero-order valence-corrected chi connectivity index (χ0v) is 12.7. The molecular weight excluding hydrogens is 276 g/mol. The van der Waals surface area contributed by atoms with Gasteiger partial charge in [-0.05, 0) is 19.3 Å². The van der Waals surface area contributed by atoms with Gasteiger partial charge in [-0.1, -0.05) is 37.3 Å². The molecule has 0 unspecified atom stereocenters. The van der Waals surface area contributed by atoms with Crippen molar-refractivity contribution >= 4 is 11.7 Å². The smallest absolute Gasteiger partial charge is 0.270 e. The maximum atomic E-state index is 12.2. The molecule has 5 nitrogen and oxygen atoms in total. The van der Waals surface area contributed by atoms with Crippen LogP contribution in [-0.2, 0) is 0 Å². The Bertz CT molecular complexity index is 653. The van der Waals surface area contributed by atoms with Crippen LogP contribution in [-0.4, -0.2) is 28.5 Å². The first-order chi connectivity index (χ1) is 10.8. The summed E-state index contributed by atoms with van der Waals surface area (Å²) >= 11 is 0. The number of amides is 1. The Balaban J connectivity index is 1.92. The minimum Gasteiger partial charge on any atom is -0.367 e. The fourth-order valence-corrected chi connectivity index (χ4v) is 2.12. The lowest BCUT2D eigenvalue weighted by atomic mass is 10.2. The molecule has 5 heteroatoms. The summed E-state index contributed by atoms with van der Waals surface area (Å²) in [6.07, 6.45) is 3.21. The van der Waals surface area contributed by atoms with Gasteiger partial charge in [0.15, 0.2) is 5.82 Å². The van der Waals surface area contributed by atoms with E-state index in [9.17, 15) is 4.79 Å². The van der Waals surface area contributed by atoms with Crippen LogP contribution in [0.4, 0.5) is 5.82 Å². The van der Waals surface area contributed by atoms with Gasteiger partial charge in [0.1, 0.15) is 11.5 Å². The Morgan fingerprint density at radius 1 is 1.23 bits per heavy atom. The second kappa shape index (κ2) is 6.56. The number of benzene rings is 1. The molecule has 1 amide bonds. The van der Waals surface area contributed by atoms with Crippen LogP contribution in [0, 0.1) is 0 Å². The summed E-state index contributed by atoms with van der Waals surface area (Å²) in [7, 11) is 0. The number of carbonyl (C=O) groups excluding carboxylic acids is 1. The normalized spacial score (nSPS) is 13.7. The minimum absolute atomic E-state index is 0.153. The van der Waals surface area contributed by atoms with Gasteiger partial charge in [-0.25, -0.2) is 9.97 Å². The standard InChI is InChI=1S/C17H20N4O/c1-2-10-18-17(22)14-11-15(19-13-8-9-13)21-16(20-14)12-6-4-3-5-7-12/h3-7,11,13H,2,8-10H2,1H3,(H,18,22)(H,19,20,21). The molecule has 1 aromatic carbocycles. The van der Waals surface area contributed by atoms with Gasteiger partial charge in [-0.3, -0.25) is 4.79 Å². The zero-order valence-electron chi connectivity index (χ0n) is 12.7. The molecule has 1 heterocycles. The van der Waals surface area contributed by atoms with Gasteiger partial charge in [0.2, 0.25) is 0 Å². The Hall–Kier alpha value is -2.43. The van der Waals surface area contributed by atoms with Crippen LogP contribution in [0.15, 0.2) is 36.4 Å². The first-order valence-electron chi connectivity index (χ1n) is 7.75. The van der Waals surface area contributed by atoms with Crippen molar-refractivity contribution in [1.29, 1.82) is 0 Å². The molecule has 1 saturated carbocycles. The van der Waals surface area contributed by atoms with E-state index in [1.165, 1.54) is 0 Å². The van der Waals surface area contributed by atoms with Gasteiger partial charge in [-0.15, -0.1) is 0 Å². The molecular formula is C17H20N4O. The van der Waals surface area contributed by atoms with E-state index in [4.69, 9.17) is 0 Å². The molecule has 3 rings (SSSR count). The summed E-state index contributed by atoms with van der Waals surface area (Å²) in [6.45, 7) is 2.67. The highest BCUT2D eigenvalue weighted by atomic mass is 16.1. The molecule has 1 fully saturated rings. The van der Waals surface area contributed by atoms with E-state index >= 15 is 0 Å². The third-order valence-electron chi connectivity index (χ3n) is 3.46. The molecule has 2 N–H and O–H groups in total. The summed E-state index contributed by atoms with van der Waals surface area (Å²) in [4.78, 5) is 21.2. The van der Waals surface area contributed by atoms with E-state index in [1.807, 2.05) is 37.3 Å². The molecule has 0 radical (unpaired) electrons. The monoisotopic (exact) mass is 296 g/mol. The first kappa shape index (κ1) is 14.5. The van der Waals surface area contributed by atoms with Crippen LogP contribution >= 0.6 is 0 Å². The number of carbonyl (C=O) groups is 1. The Labute approximate surface area is 130 Å². The fraction of sp³-hybridized carbons (Fsp3) is 0.353. The van der Waals surface area contributed by atoms with Crippen molar-refractivity contribution in [3.05, 3.63) is 42.1 Å². The summed E-state index contributed by atoms with van der Waals surface area (Å²) < 4.78 is 0. The number of nitrogens with one attached hydrogen (secondary N) is 2. The number of nitrogens with zero attached hydrogens (tertiary/aromatic N) is 2. The average molecular weight is 296 g/mol. The predicted molar refractivity (Wildman–Crippen MR) is 86.7 cm³/mol. The van der Waals surface area contributed by atoms with E-state index in [-0.39, 0.29) is 5.91 Å². The lowest BCUT2D eigenvalue weighted by molar-refractivity contribution is 0.0948. The molecule has 2 aromatic rings. The summed E-state index contributed by atoms with van der Waals surface area (Å²) in [5, 5.41) is 6.21. The van der Waals surface area contributed by atoms with E-state index < -0.39 is 0 Å². The van der Waals surface area contributed by atoms with E-state index in [1.54, 1.807) is 6.07 Å². The van der Waals surface area contributed by atoms with Gasteiger partial charge >= 0.3 is 0 Å². The van der Waals surface area contributed by atoms with E-state index in [0.29, 0.717) is 24.1 Å². The SMILES string of the molecule is CCCNC(=O)c1cc(NC2CC2)nc(-c2ccccc2)n1. The zero-order chi connectivity index (χ0) is 15.4. The van der Waals surface area contributed by atoms with E-state index in [0.717, 1.165) is 30.6 Å². The Morgan fingerprint density at radius 2 is 2.00 bits per heavy atom. The molecule has 1 aliphatic rings. The number of hydrogen-bond acceptors (Lipinski definition) is 4. The number of aromatic nitrogens is 2.